The van der Waals surface area contributed by atoms with Crippen molar-refractivity contribution in [1.82, 2.24) is 5.32 Å². The Labute approximate surface area is 150 Å². The van der Waals surface area contributed by atoms with Gasteiger partial charge in [-0.25, -0.2) is 9.59 Å². The monoisotopic (exact) mass is 363 g/mol. The Kier molecular flexibility index (Phi) is 5.56. The molecule has 0 aromatic heterocycles. The van der Waals surface area contributed by atoms with E-state index in [0.717, 1.165) is 0 Å². The van der Waals surface area contributed by atoms with Crippen molar-refractivity contribution >= 4 is 11.9 Å². The van der Waals surface area contributed by atoms with Gasteiger partial charge in [-0.2, -0.15) is 0 Å². The molecule has 0 atom stereocenters. The highest BCUT2D eigenvalue weighted by Crippen LogP contribution is 2.42. The summed E-state index contributed by atoms with van der Waals surface area (Å²) in [5.41, 5.74) is 2.67. The van der Waals surface area contributed by atoms with E-state index in [9.17, 15) is 9.59 Å². The molecule has 2 aliphatic heterocycles. The predicted octanol–water partition coefficient (Wildman–Crippen LogP) is 1.17. The van der Waals surface area contributed by atoms with Gasteiger partial charge in [-0.3, -0.25) is 0 Å². The molecule has 2 aliphatic rings. The molecule has 0 spiro atoms. The van der Waals surface area contributed by atoms with Gasteiger partial charge in [-0.05, 0) is 31.5 Å². The highest BCUT2D eigenvalue weighted by Gasteiger charge is 2.38. The first-order chi connectivity index (χ1) is 12.0. The number of fused-ring (bicyclic) bond motifs is 1. The molecule has 1 aromatic carbocycles. The molecule has 0 unspecified atom stereocenters. The summed E-state index contributed by atoms with van der Waals surface area (Å²) >= 11 is 0. The molecule has 0 aliphatic carbocycles. The van der Waals surface area contributed by atoms with Crippen LogP contribution in [0.5, 0.6) is 11.5 Å². The third-order valence-corrected chi connectivity index (χ3v) is 4.30. The second kappa shape index (κ2) is 7.49. The van der Waals surface area contributed by atoms with Crippen molar-refractivity contribution in [3.8, 4) is 11.5 Å². The topological polar surface area (TPSA) is 115 Å². The van der Waals surface area contributed by atoms with E-state index in [1.165, 1.54) is 14.2 Å². The van der Waals surface area contributed by atoms with E-state index in [1.54, 1.807) is 32.0 Å². The number of hydrogen-bond acceptors (Lipinski definition) is 7. The zero-order chi connectivity index (χ0) is 18.1. The molecular formula is C18H21NO7. The van der Waals surface area contributed by atoms with E-state index in [1.807, 2.05) is 0 Å². The maximum absolute atomic E-state index is 12.4. The number of benzene rings is 1. The van der Waals surface area contributed by atoms with Crippen molar-refractivity contribution in [2.24, 2.45) is 0 Å². The van der Waals surface area contributed by atoms with Crippen LogP contribution in [-0.2, 0) is 19.1 Å². The summed E-state index contributed by atoms with van der Waals surface area (Å²) in [4.78, 5) is 24.8. The van der Waals surface area contributed by atoms with Gasteiger partial charge < -0.3 is 29.7 Å². The van der Waals surface area contributed by atoms with Crippen LogP contribution in [0.25, 0.3) is 0 Å². The zero-order valence-electron chi connectivity index (χ0n) is 15.0. The molecule has 0 radical (unpaired) electrons. The highest BCUT2D eigenvalue weighted by molar-refractivity contribution is 5.99. The summed E-state index contributed by atoms with van der Waals surface area (Å²) in [6, 6.07) is 5.33. The zero-order valence-corrected chi connectivity index (χ0v) is 15.0. The SMILES string of the molecule is COC(=O)C1=C(C)NC(C)=C(C(=O)OC)C1c1ccc2c(c1)OCO2.O. The fraction of sp³-hybridized carbons (Fsp3) is 0.333. The van der Waals surface area contributed by atoms with Crippen LogP contribution < -0.4 is 14.8 Å². The van der Waals surface area contributed by atoms with Crippen molar-refractivity contribution in [2.75, 3.05) is 21.0 Å². The first kappa shape index (κ1) is 19.3. The van der Waals surface area contributed by atoms with Crippen LogP contribution in [0, 0.1) is 0 Å². The highest BCUT2D eigenvalue weighted by atomic mass is 16.7. The minimum atomic E-state index is -0.629. The van der Waals surface area contributed by atoms with Gasteiger partial charge in [0, 0.05) is 11.4 Å². The van der Waals surface area contributed by atoms with Crippen LogP contribution in [-0.4, -0.2) is 38.4 Å². The molecule has 0 fully saturated rings. The summed E-state index contributed by atoms with van der Waals surface area (Å²) in [7, 11) is 2.62. The number of hydrogen-bond donors (Lipinski definition) is 1. The second-order valence-corrected chi connectivity index (χ2v) is 5.73. The van der Waals surface area contributed by atoms with Crippen LogP contribution in [0.1, 0.15) is 25.3 Å². The van der Waals surface area contributed by atoms with Gasteiger partial charge in [0.2, 0.25) is 6.79 Å². The van der Waals surface area contributed by atoms with E-state index < -0.39 is 17.9 Å². The molecule has 8 nitrogen and oxygen atoms in total. The third-order valence-electron chi connectivity index (χ3n) is 4.30. The lowest BCUT2D eigenvalue weighted by Gasteiger charge is -2.30. The van der Waals surface area contributed by atoms with Crippen molar-refractivity contribution < 1.29 is 34.0 Å². The molecule has 3 rings (SSSR count). The van der Waals surface area contributed by atoms with Gasteiger partial charge in [-0.15, -0.1) is 0 Å². The molecule has 0 saturated heterocycles. The molecule has 2 heterocycles. The number of methoxy groups -OCH3 is 2. The summed E-state index contributed by atoms with van der Waals surface area (Å²) < 4.78 is 20.6. The van der Waals surface area contributed by atoms with Crippen molar-refractivity contribution in [3.63, 3.8) is 0 Å². The van der Waals surface area contributed by atoms with Crippen LogP contribution in [0.4, 0.5) is 0 Å². The number of rotatable bonds is 3. The normalized spacial score (nSPS) is 16.0. The Morgan fingerprint density at radius 1 is 1.00 bits per heavy atom. The number of nitrogens with one attached hydrogen (secondary N) is 1. The maximum Gasteiger partial charge on any atom is 0.336 e. The molecular weight excluding hydrogens is 342 g/mol. The van der Waals surface area contributed by atoms with E-state index in [-0.39, 0.29) is 12.3 Å². The Balaban J connectivity index is 0.00000243. The van der Waals surface area contributed by atoms with Gasteiger partial charge in [0.1, 0.15) is 0 Å². The molecule has 0 saturated carbocycles. The Morgan fingerprint density at radius 3 is 2.08 bits per heavy atom. The molecule has 3 N–H and O–H groups in total. The largest absolute Gasteiger partial charge is 0.466 e. The number of ether oxygens (including phenoxy) is 4. The number of carbonyl (C=O) groups is 2. The van der Waals surface area contributed by atoms with E-state index in [4.69, 9.17) is 18.9 Å². The summed E-state index contributed by atoms with van der Waals surface area (Å²) in [6.45, 7) is 3.68. The number of esters is 2. The molecule has 0 bridgehead atoms. The van der Waals surface area contributed by atoms with Crippen LogP contribution in [0.15, 0.2) is 40.7 Å². The van der Waals surface area contributed by atoms with Gasteiger partial charge >= 0.3 is 11.9 Å². The predicted molar refractivity (Wildman–Crippen MR) is 91.5 cm³/mol. The second-order valence-electron chi connectivity index (χ2n) is 5.73. The molecule has 0 amide bonds. The Bertz CT molecular complexity index is 772. The molecule has 140 valence electrons. The fourth-order valence-corrected chi connectivity index (χ4v) is 3.18. The fourth-order valence-electron chi connectivity index (χ4n) is 3.18. The maximum atomic E-state index is 12.4. The van der Waals surface area contributed by atoms with E-state index in [0.29, 0.717) is 39.6 Å². The van der Waals surface area contributed by atoms with Crippen molar-refractivity contribution in [2.45, 2.75) is 19.8 Å². The minimum Gasteiger partial charge on any atom is -0.466 e. The van der Waals surface area contributed by atoms with Crippen molar-refractivity contribution in [1.29, 1.82) is 0 Å². The molecule has 1 aromatic rings. The number of allylic oxidation sites excluding steroid dienone is 2. The van der Waals surface area contributed by atoms with Crippen LogP contribution >= 0.6 is 0 Å². The number of carbonyl (C=O) groups excluding carboxylic acids is 2. The first-order valence-corrected chi connectivity index (χ1v) is 7.72. The average Bonchev–Trinajstić information content (AvgIpc) is 3.07. The van der Waals surface area contributed by atoms with Gasteiger partial charge in [0.25, 0.3) is 0 Å². The molecule has 8 heteroatoms. The van der Waals surface area contributed by atoms with E-state index >= 15 is 0 Å². The lowest BCUT2D eigenvalue weighted by molar-refractivity contribution is -0.137. The third kappa shape index (κ3) is 3.11. The van der Waals surface area contributed by atoms with Gasteiger partial charge in [0.05, 0.1) is 31.3 Å². The van der Waals surface area contributed by atoms with E-state index in [2.05, 4.69) is 5.32 Å². The lowest BCUT2D eigenvalue weighted by atomic mass is 9.80. The quantitative estimate of drug-likeness (QED) is 0.802. The summed E-state index contributed by atoms with van der Waals surface area (Å²) in [5.74, 6) is -0.461. The minimum absolute atomic E-state index is 0. The number of dihydropyridines is 1. The van der Waals surface area contributed by atoms with Gasteiger partial charge in [0.15, 0.2) is 11.5 Å². The standard InChI is InChI=1S/C18H19NO6.H2O/c1-9-14(17(20)22-3)16(15(10(2)19-9)18(21)23-4)11-5-6-12-13(7-11)25-8-24-12;/h5-7,16,19H,8H2,1-4H3;1H2. The van der Waals surface area contributed by atoms with Crippen LogP contribution in [0.3, 0.4) is 0 Å². The first-order valence-electron chi connectivity index (χ1n) is 7.72. The summed E-state index contributed by atoms with van der Waals surface area (Å²) in [6.07, 6.45) is 0. The summed E-state index contributed by atoms with van der Waals surface area (Å²) in [5, 5.41) is 3.06. The van der Waals surface area contributed by atoms with Gasteiger partial charge in [-0.1, -0.05) is 6.07 Å². The lowest BCUT2D eigenvalue weighted by Crippen LogP contribution is -2.32. The van der Waals surface area contributed by atoms with Crippen LogP contribution in [0.2, 0.25) is 0 Å². The Morgan fingerprint density at radius 2 is 1.54 bits per heavy atom. The van der Waals surface area contributed by atoms with Crippen molar-refractivity contribution in [3.05, 3.63) is 46.3 Å². The average molecular weight is 363 g/mol. The molecule has 26 heavy (non-hydrogen) atoms. The smallest absolute Gasteiger partial charge is 0.336 e. The Hall–Kier alpha value is -3.00.